The van der Waals surface area contributed by atoms with Gasteiger partial charge in [0.15, 0.2) is 9.84 Å². The average Bonchev–Trinajstić information content (AvgIpc) is 2.62. The third kappa shape index (κ3) is 5.66. The zero-order valence-electron chi connectivity index (χ0n) is 15.4. The Labute approximate surface area is 155 Å². The van der Waals surface area contributed by atoms with Gasteiger partial charge >= 0.3 is 5.97 Å². The normalized spacial score (nSPS) is 12.8. The highest BCUT2D eigenvalue weighted by molar-refractivity contribution is 7.91. The summed E-state index contributed by atoms with van der Waals surface area (Å²) in [6.07, 6.45) is 2.08. The molecule has 0 N–H and O–H groups in total. The van der Waals surface area contributed by atoms with Gasteiger partial charge in [-0.1, -0.05) is 39.0 Å². The monoisotopic (exact) mass is 375 g/mol. The van der Waals surface area contributed by atoms with Crippen molar-refractivity contribution in [3.8, 4) is 0 Å². The van der Waals surface area contributed by atoms with Gasteiger partial charge in [0.1, 0.15) is 6.10 Å². The lowest BCUT2D eigenvalue weighted by molar-refractivity contribution is -0.149. The van der Waals surface area contributed by atoms with E-state index in [-0.39, 0.29) is 29.1 Å². The average molecular weight is 375 g/mol. The first kappa shape index (κ1) is 20.1. The molecule has 5 nitrogen and oxygen atoms in total. The van der Waals surface area contributed by atoms with Crippen LogP contribution in [0.3, 0.4) is 0 Å². The van der Waals surface area contributed by atoms with Crippen molar-refractivity contribution in [2.45, 2.75) is 44.6 Å². The van der Waals surface area contributed by atoms with E-state index in [0.29, 0.717) is 12.3 Å². The molecular weight excluding hydrogens is 350 g/mol. The van der Waals surface area contributed by atoms with Crippen LogP contribution in [0.1, 0.15) is 44.6 Å². The molecule has 0 aliphatic carbocycles. The lowest BCUT2D eigenvalue weighted by Gasteiger charge is -2.19. The fourth-order valence-electron chi connectivity index (χ4n) is 2.57. The van der Waals surface area contributed by atoms with E-state index in [1.54, 1.807) is 25.3 Å². The van der Waals surface area contributed by atoms with Gasteiger partial charge in [-0.05, 0) is 42.2 Å². The van der Waals surface area contributed by atoms with Crippen molar-refractivity contribution in [3.05, 3.63) is 59.9 Å². The molecule has 0 aliphatic heterocycles. The Hall–Kier alpha value is -2.21. The van der Waals surface area contributed by atoms with E-state index in [0.717, 1.165) is 11.3 Å². The van der Waals surface area contributed by atoms with Gasteiger partial charge in [-0.3, -0.25) is 9.78 Å². The van der Waals surface area contributed by atoms with Crippen molar-refractivity contribution in [2.24, 2.45) is 5.92 Å². The molecule has 1 aromatic carbocycles. The Morgan fingerprint density at radius 1 is 1.12 bits per heavy atom. The van der Waals surface area contributed by atoms with Crippen molar-refractivity contribution in [2.75, 3.05) is 5.75 Å². The van der Waals surface area contributed by atoms with E-state index in [9.17, 15) is 13.2 Å². The summed E-state index contributed by atoms with van der Waals surface area (Å²) in [6.45, 7) is 5.74. The highest BCUT2D eigenvalue weighted by Gasteiger charge is 2.20. The number of sulfone groups is 1. The highest BCUT2D eigenvalue weighted by atomic mass is 32.2. The van der Waals surface area contributed by atoms with E-state index in [2.05, 4.69) is 18.8 Å². The maximum atomic E-state index is 12.3. The summed E-state index contributed by atoms with van der Waals surface area (Å²) in [5, 5.41) is 0. The molecule has 1 aromatic heterocycles. The SMILES string of the molecule is CCS(=O)(=O)c1ccc(CC(=O)O[C@H](CC(C)C)c2ccccn2)cc1. The molecule has 0 saturated carbocycles. The highest BCUT2D eigenvalue weighted by Crippen LogP contribution is 2.24. The lowest BCUT2D eigenvalue weighted by Crippen LogP contribution is -2.16. The number of aromatic nitrogens is 1. The minimum Gasteiger partial charge on any atom is -0.456 e. The van der Waals surface area contributed by atoms with Crippen LogP contribution in [0.15, 0.2) is 53.6 Å². The molecule has 0 saturated heterocycles. The largest absolute Gasteiger partial charge is 0.456 e. The maximum absolute atomic E-state index is 12.3. The van der Waals surface area contributed by atoms with Gasteiger partial charge in [0.25, 0.3) is 0 Å². The minimum absolute atomic E-state index is 0.0509. The van der Waals surface area contributed by atoms with Crippen LogP contribution in [0.4, 0.5) is 0 Å². The Balaban J connectivity index is 2.06. The molecular formula is C20H25NO4S. The zero-order valence-corrected chi connectivity index (χ0v) is 16.2. The van der Waals surface area contributed by atoms with Gasteiger partial charge in [0.2, 0.25) is 0 Å². The molecule has 2 rings (SSSR count). The van der Waals surface area contributed by atoms with Crippen LogP contribution in [0, 0.1) is 5.92 Å². The standard InChI is InChI=1S/C20H25NO4S/c1-4-26(23,24)17-10-8-16(9-11-17)14-20(22)25-19(13-15(2)3)18-7-5-6-12-21-18/h5-12,15,19H,4,13-14H2,1-3H3/t19-/m1/s1. The number of rotatable bonds is 8. The van der Waals surface area contributed by atoms with Crippen LogP contribution < -0.4 is 0 Å². The van der Waals surface area contributed by atoms with E-state index in [1.807, 2.05) is 18.2 Å². The third-order valence-corrected chi connectivity index (χ3v) is 5.74. The summed E-state index contributed by atoms with van der Waals surface area (Å²) < 4.78 is 29.3. The Morgan fingerprint density at radius 2 is 1.81 bits per heavy atom. The molecule has 26 heavy (non-hydrogen) atoms. The van der Waals surface area contributed by atoms with Gasteiger partial charge in [0.05, 0.1) is 22.8 Å². The molecule has 0 spiro atoms. The van der Waals surface area contributed by atoms with Crippen LogP contribution in [0.25, 0.3) is 0 Å². The number of hydrogen-bond donors (Lipinski definition) is 0. The number of nitrogens with zero attached hydrogens (tertiary/aromatic N) is 1. The van der Waals surface area contributed by atoms with E-state index < -0.39 is 9.84 Å². The van der Waals surface area contributed by atoms with Crippen LogP contribution in [0.2, 0.25) is 0 Å². The quantitative estimate of drug-likeness (QED) is 0.657. The second-order valence-corrected chi connectivity index (χ2v) is 8.87. The van der Waals surface area contributed by atoms with Gasteiger partial charge < -0.3 is 4.74 Å². The number of esters is 1. The van der Waals surface area contributed by atoms with Crippen molar-refractivity contribution < 1.29 is 17.9 Å². The van der Waals surface area contributed by atoms with Crippen molar-refractivity contribution in [1.82, 2.24) is 4.98 Å². The first-order chi connectivity index (χ1) is 12.3. The minimum atomic E-state index is -3.24. The number of hydrogen-bond acceptors (Lipinski definition) is 5. The topological polar surface area (TPSA) is 73.3 Å². The van der Waals surface area contributed by atoms with Crippen LogP contribution in [0.5, 0.6) is 0 Å². The summed E-state index contributed by atoms with van der Waals surface area (Å²) in [5.41, 5.74) is 1.45. The molecule has 2 aromatic rings. The summed E-state index contributed by atoms with van der Waals surface area (Å²) in [7, 11) is -3.24. The Bertz CT molecular complexity index is 815. The van der Waals surface area contributed by atoms with Crippen LogP contribution in [-0.2, 0) is 25.8 Å². The number of carbonyl (C=O) groups excluding carboxylic acids is 1. The van der Waals surface area contributed by atoms with E-state index in [4.69, 9.17) is 4.74 Å². The maximum Gasteiger partial charge on any atom is 0.310 e. The van der Waals surface area contributed by atoms with Crippen molar-refractivity contribution in [3.63, 3.8) is 0 Å². The van der Waals surface area contributed by atoms with Gasteiger partial charge in [-0.2, -0.15) is 0 Å². The first-order valence-corrected chi connectivity index (χ1v) is 10.4. The van der Waals surface area contributed by atoms with Crippen molar-refractivity contribution >= 4 is 15.8 Å². The fraction of sp³-hybridized carbons (Fsp3) is 0.400. The Kier molecular flexibility index (Phi) is 6.91. The van der Waals surface area contributed by atoms with Gasteiger partial charge in [-0.25, -0.2) is 8.42 Å². The van der Waals surface area contributed by atoms with Crippen molar-refractivity contribution in [1.29, 1.82) is 0 Å². The van der Waals surface area contributed by atoms with Crippen LogP contribution in [-0.4, -0.2) is 25.1 Å². The molecule has 0 aliphatic rings. The molecule has 1 heterocycles. The molecule has 140 valence electrons. The number of carbonyl (C=O) groups is 1. The van der Waals surface area contributed by atoms with E-state index >= 15 is 0 Å². The molecule has 0 radical (unpaired) electrons. The zero-order chi connectivity index (χ0) is 19.2. The second-order valence-electron chi connectivity index (χ2n) is 6.59. The first-order valence-electron chi connectivity index (χ1n) is 8.74. The summed E-state index contributed by atoms with van der Waals surface area (Å²) in [4.78, 5) is 16.9. The molecule has 0 bridgehead atoms. The predicted molar refractivity (Wildman–Crippen MR) is 100 cm³/mol. The third-order valence-electron chi connectivity index (χ3n) is 3.99. The lowest BCUT2D eigenvalue weighted by atomic mass is 10.0. The number of pyridine rings is 1. The summed E-state index contributed by atoms with van der Waals surface area (Å²) >= 11 is 0. The number of benzene rings is 1. The molecule has 0 amide bonds. The van der Waals surface area contributed by atoms with Crippen LogP contribution >= 0.6 is 0 Å². The van der Waals surface area contributed by atoms with Gasteiger partial charge in [-0.15, -0.1) is 0 Å². The molecule has 0 fully saturated rings. The number of ether oxygens (including phenoxy) is 1. The predicted octanol–water partition coefficient (Wildman–Crippen LogP) is 3.75. The molecule has 0 unspecified atom stereocenters. The summed E-state index contributed by atoms with van der Waals surface area (Å²) in [5.74, 6) is 0.0516. The Morgan fingerprint density at radius 3 is 2.35 bits per heavy atom. The second kappa shape index (κ2) is 8.94. The van der Waals surface area contributed by atoms with Gasteiger partial charge in [0, 0.05) is 6.20 Å². The molecule has 1 atom stereocenters. The fourth-order valence-corrected chi connectivity index (χ4v) is 3.46. The smallest absolute Gasteiger partial charge is 0.310 e. The molecule has 6 heteroatoms. The summed E-state index contributed by atoms with van der Waals surface area (Å²) in [6, 6.07) is 11.9. The van der Waals surface area contributed by atoms with E-state index in [1.165, 1.54) is 12.1 Å².